The van der Waals surface area contributed by atoms with E-state index in [0.717, 1.165) is 5.56 Å². The maximum Gasteiger partial charge on any atom is 0.241 e. The molecule has 0 saturated heterocycles. The number of benzene rings is 2. The number of aryl methyl sites for hydroxylation is 2. The van der Waals surface area contributed by atoms with Crippen molar-refractivity contribution in [1.82, 2.24) is 4.72 Å². The summed E-state index contributed by atoms with van der Waals surface area (Å²) in [7, 11) is -7.58. The van der Waals surface area contributed by atoms with Crippen LogP contribution in [0, 0.1) is 13.8 Å². The van der Waals surface area contributed by atoms with E-state index in [0.29, 0.717) is 11.1 Å². The Balaban J connectivity index is 2.33. The first kappa shape index (κ1) is 18.6. The molecule has 0 amide bonds. The van der Waals surface area contributed by atoms with Crippen molar-refractivity contribution in [3.05, 3.63) is 59.2 Å². The predicted octanol–water partition coefficient (Wildman–Crippen LogP) is 1.99. The lowest BCUT2D eigenvalue weighted by molar-refractivity contribution is 0.566. The van der Waals surface area contributed by atoms with Gasteiger partial charge in [0.2, 0.25) is 20.0 Å². The Morgan fingerprint density at radius 3 is 2.25 bits per heavy atom. The first-order valence-corrected chi connectivity index (χ1v) is 10.3. The highest BCUT2D eigenvalue weighted by Gasteiger charge is 2.21. The minimum absolute atomic E-state index is 0.0578. The van der Waals surface area contributed by atoms with Crippen LogP contribution in [0.3, 0.4) is 0 Å². The van der Waals surface area contributed by atoms with Crippen molar-refractivity contribution in [3.8, 4) is 0 Å². The summed E-state index contributed by atoms with van der Waals surface area (Å²) in [5, 5.41) is 5.11. The zero-order chi connectivity index (χ0) is 18.1. The van der Waals surface area contributed by atoms with Crippen LogP contribution in [0.1, 0.15) is 29.7 Å². The molecular formula is C16H20N2O4S2. The summed E-state index contributed by atoms with van der Waals surface area (Å²) in [6.07, 6.45) is 0. The Morgan fingerprint density at radius 1 is 1.00 bits per heavy atom. The van der Waals surface area contributed by atoms with Crippen molar-refractivity contribution in [2.75, 3.05) is 0 Å². The first-order valence-electron chi connectivity index (χ1n) is 7.23. The van der Waals surface area contributed by atoms with E-state index < -0.39 is 26.1 Å². The number of rotatable bonds is 5. The fourth-order valence-electron chi connectivity index (χ4n) is 2.43. The second kappa shape index (κ2) is 6.64. The highest BCUT2D eigenvalue weighted by atomic mass is 32.2. The Hall–Kier alpha value is -1.74. The van der Waals surface area contributed by atoms with Crippen LogP contribution in [0.2, 0.25) is 0 Å². The van der Waals surface area contributed by atoms with Gasteiger partial charge in [-0.15, -0.1) is 0 Å². The van der Waals surface area contributed by atoms with Crippen LogP contribution in [0.15, 0.2) is 52.3 Å². The molecule has 3 N–H and O–H groups in total. The lowest BCUT2D eigenvalue weighted by Crippen LogP contribution is -2.27. The average Bonchev–Trinajstić information content (AvgIpc) is 2.45. The minimum Gasteiger partial charge on any atom is -0.225 e. The topological polar surface area (TPSA) is 106 Å². The van der Waals surface area contributed by atoms with E-state index >= 15 is 0 Å². The van der Waals surface area contributed by atoms with E-state index in [-0.39, 0.29) is 9.79 Å². The van der Waals surface area contributed by atoms with Crippen LogP contribution in [0.25, 0.3) is 0 Å². The van der Waals surface area contributed by atoms with Gasteiger partial charge < -0.3 is 0 Å². The number of nitrogens with one attached hydrogen (secondary N) is 1. The standard InChI is InChI=1S/C16H20N2O4S2/c1-11-7-8-16(12(2)9-11)24(21,22)18-13(3)14-5-4-6-15(10-14)23(17,19)20/h4-10,13,18H,1-3H3,(H2,17,19,20). The molecule has 130 valence electrons. The fourth-order valence-corrected chi connectivity index (χ4v) is 4.45. The summed E-state index contributed by atoms with van der Waals surface area (Å²) >= 11 is 0. The van der Waals surface area contributed by atoms with Crippen LogP contribution in [-0.2, 0) is 20.0 Å². The van der Waals surface area contributed by atoms with E-state index in [9.17, 15) is 16.8 Å². The molecule has 0 fully saturated rings. The number of hydrogen-bond acceptors (Lipinski definition) is 4. The monoisotopic (exact) mass is 368 g/mol. The molecular weight excluding hydrogens is 348 g/mol. The number of hydrogen-bond donors (Lipinski definition) is 2. The van der Waals surface area contributed by atoms with Crippen molar-refractivity contribution in [1.29, 1.82) is 0 Å². The van der Waals surface area contributed by atoms with E-state index in [1.165, 1.54) is 18.2 Å². The third-order valence-electron chi connectivity index (χ3n) is 3.64. The molecule has 0 radical (unpaired) electrons. The molecule has 2 aromatic rings. The molecule has 0 heterocycles. The van der Waals surface area contributed by atoms with Crippen LogP contribution < -0.4 is 9.86 Å². The number of sulfonamides is 2. The van der Waals surface area contributed by atoms with E-state index in [2.05, 4.69) is 4.72 Å². The van der Waals surface area contributed by atoms with Gasteiger partial charge in [-0.2, -0.15) is 0 Å². The molecule has 6 nitrogen and oxygen atoms in total. The average molecular weight is 368 g/mol. The van der Waals surface area contributed by atoms with Crippen LogP contribution in [0.4, 0.5) is 0 Å². The molecule has 0 spiro atoms. The van der Waals surface area contributed by atoms with Crippen LogP contribution in [0.5, 0.6) is 0 Å². The molecule has 2 rings (SSSR count). The Kier molecular flexibility index (Phi) is 5.14. The molecule has 1 atom stereocenters. The third-order valence-corrected chi connectivity index (χ3v) is 6.25. The highest BCUT2D eigenvalue weighted by molar-refractivity contribution is 7.89. The molecule has 24 heavy (non-hydrogen) atoms. The van der Waals surface area contributed by atoms with E-state index in [1.54, 1.807) is 38.1 Å². The Labute approximate surface area is 142 Å². The summed E-state index contributed by atoms with van der Waals surface area (Å²) in [5.74, 6) is 0. The zero-order valence-corrected chi connectivity index (χ0v) is 15.3. The molecule has 0 aliphatic heterocycles. The van der Waals surface area contributed by atoms with Crippen molar-refractivity contribution >= 4 is 20.0 Å². The number of nitrogens with two attached hydrogens (primary N) is 1. The summed E-state index contributed by atoms with van der Waals surface area (Å²) in [4.78, 5) is 0.139. The van der Waals surface area contributed by atoms with E-state index in [4.69, 9.17) is 5.14 Å². The molecule has 8 heteroatoms. The first-order chi connectivity index (χ1) is 11.0. The maximum atomic E-state index is 12.6. The maximum absolute atomic E-state index is 12.6. The third kappa shape index (κ3) is 4.21. The molecule has 0 aliphatic rings. The van der Waals surface area contributed by atoms with Crippen molar-refractivity contribution < 1.29 is 16.8 Å². The lowest BCUT2D eigenvalue weighted by Gasteiger charge is -2.16. The second-order valence-electron chi connectivity index (χ2n) is 5.73. The lowest BCUT2D eigenvalue weighted by atomic mass is 10.1. The van der Waals surface area contributed by atoms with Gasteiger partial charge in [-0.1, -0.05) is 29.8 Å². The Bertz CT molecular complexity index is 967. The highest BCUT2D eigenvalue weighted by Crippen LogP contribution is 2.21. The van der Waals surface area contributed by atoms with Crippen molar-refractivity contribution in [2.24, 2.45) is 5.14 Å². The normalized spacial score (nSPS) is 13.7. The van der Waals surface area contributed by atoms with Gasteiger partial charge in [0.25, 0.3) is 0 Å². The SMILES string of the molecule is Cc1ccc(S(=O)(=O)NC(C)c2cccc(S(N)(=O)=O)c2)c(C)c1. The van der Waals surface area contributed by atoms with Crippen LogP contribution >= 0.6 is 0 Å². The van der Waals surface area contributed by atoms with Gasteiger partial charge in [-0.05, 0) is 50.1 Å². The quantitative estimate of drug-likeness (QED) is 0.841. The smallest absolute Gasteiger partial charge is 0.225 e. The van der Waals surface area contributed by atoms with Gasteiger partial charge in [0.05, 0.1) is 9.79 Å². The van der Waals surface area contributed by atoms with Crippen molar-refractivity contribution in [2.45, 2.75) is 36.6 Å². The van der Waals surface area contributed by atoms with Crippen molar-refractivity contribution in [3.63, 3.8) is 0 Å². The molecule has 1 unspecified atom stereocenters. The molecule has 0 saturated carbocycles. The summed E-state index contributed by atoms with van der Waals surface area (Å²) in [5.41, 5.74) is 2.13. The van der Waals surface area contributed by atoms with Crippen LogP contribution in [-0.4, -0.2) is 16.8 Å². The van der Waals surface area contributed by atoms with Gasteiger partial charge in [-0.25, -0.2) is 26.7 Å². The Morgan fingerprint density at radius 2 is 1.67 bits per heavy atom. The molecule has 0 bridgehead atoms. The molecule has 0 aromatic heterocycles. The summed E-state index contributed by atoms with van der Waals surface area (Å²) in [6, 6.07) is 10.4. The molecule has 0 aliphatic carbocycles. The van der Waals surface area contributed by atoms with Gasteiger partial charge in [-0.3, -0.25) is 0 Å². The minimum atomic E-state index is -3.84. The summed E-state index contributed by atoms with van der Waals surface area (Å²) in [6.45, 7) is 5.26. The largest absolute Gasteiger partial charge is 0.241 e. The van der Waals surface area contributed by atoms with Gasteiger partial charge >= 0.3 is 0 Å². The second-order valence-corrected chi connectivity index (χ2v) is 8.97. The van der Waals surface area contributed by atoms with E-state index in [1.807, 2.05) is 6.92 Å². The zero-order valence-electron chi connectivity index (χ0n) is 13.6. The number of primary sulfonamides is 1. The molecule has 2 aromatic carbocycles. The van der Waals surface area contributed by atoms with Gasteiger partial charge in [0.1, 0.15) is 0 Å². The van der Waals surface area contributed by atoms with Gasteiger partial charge in [0, 0.05) is 6.04 Å². The summed E-state index contributed by atoms with van der Waals surface area (Å²) < 4.78 is 50.6. The van der Waals surface area contributed by atoms with Gasteiger partial charge in [0.15, 0.2) is 0 Å². The predicted molar refractivity (Wildman–Crippen MR) is 92.5 cm³/mol. The fraction of sp³-hybridized carbons (Fsp3) is 0.250.